The Morgan fingerprint density at radius 3 is 2.35 bits per heavy atom. The van der Waals surface area contributed by atoms with E-state index in [2.05, 4.69) is 57.9 Å². The third-order valence-corrected chi connectivity index (χ3v) is 3.10. The second-order valence-electron chi connectivity index (χ2n) is 7.06. The first-order chi connectivity index (χ1) is 9.17. The van der Waals surface area contributed by atoms with Crippen LogP contribution in [0.4, 0.5) is 0 Å². The molecule has 1 atom stereocenters. The molecule has 1 heterocycles. The quantitative estimate of drug-likeness (QED) is 0.851. The molecule has 0 saturated carbocycles. The van der Waals surface area contributed by atoms with Crippen molar-refractivity contribution in [3.8, 4) is 5.88 Å². The highest BCUT2D eigenvalue weighted by Crippen LogP contribution is 2.17. The van der Waals surface area contributed by atoms with E-state index in [1.807, 2.05) is 13.0 Å². The molecule has 3 nitrogen and oxygen atoms in total. The van der Waals surface area contributed by atoms with Crippen molar-refractivity contribution >= 4 is 0 Å². The van der Waals surface area contributed by atoms with Crippen molar-refractivity contribution in [2.24, 2.45) is 5.92 Å². The molecule has 0 aliphatic carbocycles. The number of ether oxygens (including phenoxy) is 1. The number of nitrogens with zero attached hydrogens (tertiary/aromatic N) is 1. The molecule has 0 aliphatic heterocycles. The Bertz CT molecular complexity index is 421. The van der Waals surface area contributed by atoms with Gasteiger partial charge in [0.25, 0.3) is 0 Å². The van der Waals surface area contributed by atoms with Gasteiger partial charge >= 0.3 is 0 Å². The summed E-state index contributed by atoms with van der Waals surface area (Å²) in [5.74, 6) is 1.37. The molecule has 1 aromatic rings. The van der Waals surface area contributed by atoms with Crippen LogP contribution in [0.1, 0.15) is 59.2 Å². The molecule has 0 amide bonds. The molecule has 0 aromatic carbocycles. The van der Waals surface area contributed by atoms with Crippen LogP contribution in [-0.2, 0) is 6.54 Å². The van der Waals surface area contributed by atoms with Crippen LogP contribution >= 0.6 is 0 Å². The molecule has 1 aromatic heterocycles. The third kappa shape index (κ3) is 6.38. The van der Waals surface area contributed by atoms with E-state index in [0.29, 0.717) is 5.92 Å². The number of rotatable bonds is 6. The van der Waals surface area contributed by atoms with E-state index < -0.39 is 0 Å². The average Bonchev–Trinajstić information content (AvgIpc) is 2.25. The molecule has 0 saturated heterocycles. The predicted molar refractivity (Wildman–Crippen MR) is 85.1 cm³/mol. The molecule has 20 heavy (non-hydrogen) atoms. The lowest BCUT2D eigenvalue weighted by Crippen LogP contribution is -2.35. The van der Waals surface area contributed by atoms with Crippen molar-refractivity contribution in [1.82, 2.24) is 10.3 Å². The van der Waals surface area contributed by atoms with Crippen LogP contribution in [0.5, 0.6) is 5.88 Å². The second-order valence-corrected chi connectivity index (χ2v) is 7.06. The molecule has 0 fully saturated rings. The zero-order chi connectivity index (χ0) is 15.3. The minimum absolute atomic E-state index is 0.118. The first-order valence-electron chi connectivity index (χ1n) is 7.55. The Balaban J connectivity index is 2.63. The fraction of sp³-hybridized carbons (Fsp3) is 0.706. The highest BCUT2D eigenvalue weighted by atomic mass is 16.5. The van der Waals surface area contributed by atoms with E-state index in [4.69, 9.17) is 4.74 Å². The summed E-state index contributed by atoms with van der Waals surface area (Å²) in [6.45, 7) is 15.9. The van der Waals surface area contributed by atoms with Crippen molar-refractivity contribution in [1.29, 1.82) is 0 Å². The summed E-state index contributed by atoms with van der Waals surface area (Å²) in [7, 11) is 0. The number of aryl methyl sites for hydroxylation is 1. The standard InChI is InChI=1S/C17H30N2O/c1-12(2)10-13(3)20-16-9-8-15(14(4)19-16)11-18-17(5,6)7/h8-9,12-13,18H,10-11H2,1-7H3. The maximum atomic E-state index is 5.87. The van der Waals surface area contributed by atoms with E-state index >= 15 is 0 Å². The summed E-state index contributed by atoms with van der Waals surface area (Å²) in [5, 5.41) is 3.48. The SMILES string of the molecule is Cc1nc(OC(C)CC(C)C)ccc1CNC(C)(C)C. The third-order valence-electron chi connectivity index (χ3n) is 3.10. The lowest BCUT2D eigenvalue weighted by atomic mass is 10.1. The number of pyridine rings is 1. The lowest BCUT2D eigenvalue weighted by molar-refractivity contribution is 0.185. The van der Waals surface area contributed by atoms with Gasteiger partial charge in [0.05, 0.1) is 6.10 Å². The van der Waals surface area contributed by atoms with Gasteiger partial charge in [0.2, 0.25) is 5.88 Å². The Labute approximate surface area is 124 Å². The van der Waals surface area contributed by atoms with Crippen molar-refractivity contribution in [2.45, 2.75) is 73.1 Å². The van der Waals surface area contributed by atoms with Crippen molar-refractivity contribution < 1.29 is 4.74 Å². The molecular formula is C17H30N2O. The number of hydrogen-bond acceptors (Lipinski definition) is 3. The maximum Gasteiger partial charge on any atom is 0.213 e. The molecule has 0 radical (unpaired) electrons. The van der Waals surface area contributed by atoms with Gasteiger partial charge < -0.3 is 10.1 Å². The minimum atomic E-state index is 0.118. The van der Waals surface area contributed by atoms with Gasteiger partial charge in [-0.2, -0.15) is 0 Å². The molecular weight excluding hydrogens is 248 g/mol. The molecule has 3 heteroatoms. The summed E-state index contributed by atoms with van der Waals surface area (Å²) in [4.78, 5) is 4.56. The number of hydrogen-bond donors (Lipinski definition) is 1. The molecule has 1 unspecified atom stereocenters. The van der Waals surface area contributed by atoms with Crippen LogP contribution in [0.3, 0.4) is 0 Å². The Morgan fingerprint density at radius 2 is 1.85 bits per heavy atom. The molecule has 114 valence electrons. The molecule has 0 bridgehead atoms. The Kier molecular flexibility index (Phi) is 6.00. The Hall–Kier alpha value is -1.09. The van der Waals surface area contributed by atoms with Gasteiger partial charge in [-0.05, 0) is 52.5 Å². The zero-order valence-corrected chi connectivity index (χ0v) is 14.1. The van der Waals surface area contributed by atoms with E-state index in [9.17, 15) is 0 Å². The molecule has 0 spiro atoms. The van der Waals surface area contributed by atoms with E-state index in [0.717, 1.165) is 24.5 Å². The van der Waals surface area contributed by atoms with Gasteiger partial charge in [-0.25, -0.2) is 4.98 Å². The summed E-state index contributed by atoms with van der Waals surface area (Å²) in [6, 6.07) is 4.09. The van der Waals surface area contributed by atoms with Crippen LogP contribution in [0, 0.1) is 12.8 Å². The predicted octanol–water partition coefficient (Wildman–Crippen LogP) is 4.09. The van der Waals surface area contributed by atoms with E-state index in [1.165, 1.54) is 5.56 Å². The van der Waals surface area contributed by atoms with Gasteiger partial charge in [0.1, 0.15) is 0 Å². The van der Waals surface area contributed by atoms with Crippen molar-refractivity contribution in [3.05, 3.63) is 23.4 Å². The maximum absolute atomic E-state index is 5.87. The monoisotopic (exact) mass is 278 g/mol. The van der Waals surface area contributed by atoms with E-state index in [-0.39, 0.29) is 11.6 Å². The number of nitrogens with one attached hydrogen (secondary N) is 1. The van der Waals surface area contributed by atoms with Crippen molar-refractivity contribution in [3.63, 3.8) is 0 Å². The Morgan fingerprint density at radius 1 is 1.20 bits per heavy atom. The van der Waals surface area contributed by atoms with Gasteiger partial charge in [0.15, 0.2) is 0 Å². The highest BCUT2D eigenvalue weighted by Gasteiger charge is 2.12. The van der Waals surface area contributed by atoms with Gasteiger partial charge in [0, 0.05) is 23.8 Å². The zero-order valence-electron chi connectivity index (χ0n) is 14.1. The smallest absolute Gasteiger partial charge is 0.213 e. The minimum Gasteiger partial charge on any atom is -0.475 e. The highest BCUT2D eigenvalue weighted by molar-refractivity contribution is 5.25. The van der Waals surface area contributed by atoms with Crippen LogP contribution in [0.15, 0.2) is 12.1 Å². The van der Waals surface area contributed by atoms with E-state index in [1.54, 1.807) is 0 Å². The largest absolute Gasteiger partial charge is 0.475 e. The van der Waals surface area contributed by atoms with Gasteiger partial charge in [-0.3, -0.25) is 0 Å². The van der Waals surface area contributed by atoms with Crippen LogP contribution in [0.2, 0.25) is 0 Å². The molecule has 1 rings (SSSR count). The fourth-order valence-corrected chi connectivity index (χ4v) is 2.10. The average molecular weight is 278 g/mol. The fourth-order valence-electron chi connectivity index (χ4n) is 2.10. The molecule has 1 N–H and O–H groups in total. The topological polar surface area (TPSA) is 34.1 Å². The lowest BCUT2D eigenvalue weighted by Gasteiger charge is -2.21. The summed E-state index contributed by atoms with van der Waals surface area (Å²) in [5.41, 5.74) is 2.38. The summed E-state index contributed by atoms with van der Waals surface area (Å²) in [6.07, 6.45) is 1.26. The first kappa shape index (κ1) is 17.0. The second kappa shape index (κ2) is 7.07. The molecule has 0 aliphatic rings. The first-order valence-corrected chi connectivity index (χ1v) is 7.55. The van der Waals surface area contributed by atoms with Crippen molar-refractivity contribution in [2.75, 3.05) is 0 Å². The van der Waals surface area contributed by atoms with Crippen LogP contribution in [0.25, 0.3) is 0 Å². The normalized spacial score (nSPS) is 13.6. The number of aromatic nitrogens is 1. The summed E-state index contributed by atoms with van der Waals surface area (Å²) < 4.78 is 5.87. The van der Waals surface area contributed by atoms with Crippen LogP contribution in [-0.4, -0.2) is 16.6 Å². The summed E-state index contributed by atoms with van der Waals surface area (Å²) >= 11 is 0. The van der Waals surface area contributed by atoms with Gasteiger partial charge in [-0.15, -0.1) is 0 Å². The van der Waals surface area contributed by atoms with Crippen LogP contribution < -0.4 is 10.1 Å². The van der Waals surface area contributed by atoms with Gasteiger partial charge in [-0.1, -0.05) is 19.9 Å².